The smallest absolute Gasteiger partial charge is 0.142 e. The zero-order chi connectivity index (χ0) is 21.4. The van der Waals surface area contributed by atoms with E-state index in [-0.39, 0.29) is 12.4 Å². The van der Waals surface area contributed by atoms with Crippen molar-refractivity contribution in [2.75, 3.05) is 57.8 Å². The lowest BCUT2D eigenvalue weighted by Crippen LogP contribution is -2.54. The minimum atomic E-state index is -0.307. The minimum Gasteiger partial charge on any atom is -0.396 e. The van der Waals surface area contributed by atoms with Crippen molar-refractivity contribution < 1.29 is 9.50 Å². The Labute approximate surface area is 184 Å². The summed E-state index contributed by atoms with van der Waals surface area (Å²) in [5.74, 6) is 0.568. The SMILES string of the molecule is CN1CC2(CCC(N3CCN(c4ncc(F)cc4-c4ccc(CCO)cc4)CC3)C2)C1. The number of aliphatic hydroxyl groups is 1. The van der Waals surface area contributed by atoms with E-state index >= 15 is 0 Å². The number of pyridine rings is 1. The molecule has 1 aliphatic carbocycles. The van der Waals surface area contributed by atoms with Crippen LogP contribution < -0.4 is 4.90 Å². The third kappa shape index (κ3) is 4.21. The first-order valence-corrected chi connectivity index (χ1v) is 11.6. The quantitative estimate of drug-likeness (QED) is 0.799. The maximum atomic E-state index is 14.1. The van der Waals surface area contributed by atoms with Gasteiger partial charge in [0.05, 0.1) is 6.20 Å². The molecule has 2 aromatic rings. The van der Waals surface area contributed by atoms with E-state index in [9.17, 15) is 4.39 Å². The van der Waals surface area contributed by atoms with Crippen LogP contribution in [0.5, 0.6) is 0 Å². The Morgan fingerprint density at radius 2 is 1.87 bits per heavy atom. The summed E-state index contributed by atoms with van der Waals surface area (Å²) in [6.45, 7) is 6.62. The molecule has 1 aromatic heterocycles. The number of anilines is 1. The molecule has 1 atom stereocenters. The molecule has 0 bridgehead atoms. The van der Waals surface area contributed by atoms with E-state index in [1.54, 1.807) is 6.07 Å². The summed E-state index contributed by atoms with van der Waals surface area (Å²) >= 11 is 0. The van der Waals surface area contributed by atoms with Crippen molar-refractivity contribution in [1.29, 1.82) is 0 Å². The Bertz CT molecular complexity index is 904. The summed E-state index contributed by atoms with van der Waals surface area (Å²) in [5, 5.41) is 9.14. The highest BCUT2D eigenvalue weighted by atomic mass is 19.1. The molecule has 1 N–H and O–H groups in total. The molecule has 6 heteroatoms. The molecule has 3 fully saturated rings. The lowest BCUT2D eigenvalue weighted by molar-refractivity contribution is 0.0204. The van der Waals surface area contributed by atoms with E-state index in [1.807, 2.05) is 24.3 Å². The number of hydrogen-bond donors (Lipinski definition) is 1. The van der Waals surface area contributed by atoms with E-state index in [4.69, 9.17) is 5.11 Å². The molecule has 2 saturated heterocycles. The Morgan fingerprint density at radius 3 is 2.55 bits per heavy atom. The van der Waals surface area contributed by atoms with E-state index in [2.05, 4.69) is 26.7 Å². The average molecular weight is 425 g/mol. The summed E-state index contributed by atoms with van der Waals surface area (Å²) in [6.07, 6.45) is 6.01. The third-order valence-corrected chi connectivity index (χ3v) is 7.52. The lowest BCUT2D eigenvalue weighted by atomic mass is 9.78. The van der Waals surface area contributed by atoms with Gasteiger partial charge in [0.1, 0.15) is 11.6 Å². The van der Waals surface area contributed by atoms with Gasteiger partial charge in [0.25, 0.3) is 0 Å². The van der Waals surface area contributed by atoms with Crippen LogP contribution in [0.1, 0.15) is 24.8 Å². The molecule has 0 amide bonds. The van der Waals surface area contributed by atoms with Gasteiger partial charge in [-0.15, -0.1) is 0 Å². The van der Waals surface area contributed by atoms with Crippen molar-refractivity contribution in [2.24, 2.45) is 5.41 Å². The lowest BCUT2D eigenvalue weighted by Gasteiger charge is -2.47. The highest BCUT2D eigenvalue weighted by molar-refractivity contribution is 5.76. The molecule has 1 aromatic carbocycles. The van der Waals surface area contributed by atoms with E-state index in [1.165, 1.54) is 38.5 Å². The molecule has 3 aliphatic rings. The summed E-state index contributed by atoms with van der Waals surface area (Å²) < 4.78 is 14.1. The molecule has 2 aliphatic heterocycles. The number of nitrogens with zero attached hydrogens (tertiary/aromatic N) is 4. The topological polar surface area (TPSA) is 42.8 Å². The monoisotopic (exact) mass is 424 g/mol. The molecule has 1 saturated carbocycles. The molecule has 0 radical (unpaired) electrons. The number of likely N-dealkylation sites (tertiary alicyclic amines) is 1. The van der Waals surface area contributed by atoms with Crippen LogP contribution in [-0.4, -0.2) is 78.9 Å². The van der Waals surface area contributed by atoms with Crippen molar-refractivity contribution in [3.8, 4) is 11.1 Å². The van der Waals surface area contributed by atoms with Crippen LogP contribution in [-0.2, 0) is 6.42 Å². The molecule has 1 spiro atoms. The summed E-state index contributed by atoms with van der Waals surface area (Å²) in [5.41, 5.74) is 3.49. The maximum absolute atomic E-state index is 14.1. The number of piperazine rings is 1. The van der Waals surface area contributed by atoms with Crippen LogP contribution in [0.25, 0.3) is 11.1 Å². The first-order chi connectivity index (χ1) is 15.0. The zero-order valence-electron chi connectivity index (χ0n) is 18.4. The normalized spacial score (nSPS) is 24.0. The number of rotatable bonds is 5. The number of hydrogen-bond acceptors (Lipinski definition) is 5. The standard InChI is InChI=1S/C25H33FN4O/c1-28-17-25(18-28)8-6-22(15-25)29-9-11-30(12-10-29)24-23(14-21(26)16-27-24)20-4-2-19(3-5-20)7-13-31/h2-5,14,16,22,31H,6-13,15,17-18H2,1H3. The van der Waals surface area contributed by atoms with Crippen LogP contribution in [0, 0.1) is 11.2 Å². The van der Waals surface area contributed by atoms with Gasteiger partial charge in [0, 0.05) is 57.5 Å². The summed E-state index contributed by atoms with van der Waals surface area (Å²) in [6, 6.07) is 10.3. The second kappa shape index (κ2) is 8.49. The highest BCUT2D eigenvalue weighted by Gasteiger charge is 2.48. The van der Waals surface area contributed by atoms with Crippen LogP contribution in [0.15, 0.2) is 36.5 Å². The van der Waals surface area contributed by atoms with Gasteiger partial charge in [-0.05, 0) is 55.3 Å². The van der Waals surface area contributed by atoms with E-state index in [0.29, 0.717) is 11.8 Å². The van der Waals surface area contributed by atoms with Crippen molar-refractivity contribution in [3.05, 3.63) is 47.9 Å². The van der Waals surface area contributed by atoms with Crippen LogP contribution in [0.3, 0.4) is 0 Å². The van der Waals surface area contributed by atoms with Crippen molar-refractivity contribution >= 4 is 5.82 Å². The van der Waals surface area contributed by atoms with E-state index < -0.39 is 0 Å². The summed E-state index contributed by atoms with van der Waals surface area (Å²) in [4.78, 5) is 11.9. The second-order valence-corrected chi connectivity index (χ2v) is 9.79. The molecule has 5 nitrogen and oxygen atoms in total. The van der Waals surface area contributed by atoms with Crippen molar-refractivity contribution in [3.63, 3.8) is 0 Å². The molecule has 166 valence electrons. The highest BCUT2D eigenvalue weighted by Crippen LogP contribution is 2.46. The maximum Gasteiger partial charge on any atom is 0.142 e. The molecular formula is C25H33FN4O. The molecule has 1 unspecified atom stereocenters. The Balaban J connectivity index is 1.27. The van der Waals surface area contributed by atoms with Gasteiger partial charge >= 0.3 is 0 Å². The predicted octanol–water partition coefficient (Wildman–Crippen LogP) is 3.03. The molecule has 3 heterocycles. The van der Waals surface area contributed by atoms with Crippen LogP contribution in [0.4, 0.5) is 10.2 Å². The third-order valence-electron chi connectivity index (χ3n) is 7.52. The fraction of sp³-hybridized carbons (Fsp3) is 0.560. The number of aromatic nitrogens is 1. The Hall–Kier alpha value is -2.02. The Morgan fingerprint density at radius 1 is 1.13 bits per heavy atom. The largest absolute Gasteiger partial charge is 0.396 e. The molecule has 31 heavy (non-hydrogen) atoms. The average Bonchev–Trinajstić information content (AvgIpc) is 3.20. The van der Waals surface area contributed by atoms with Gasteiger partial charge in [0.15, 0.2) is 0 Å². The first kappa shape index (κ1) is 20.9. The van der Waals surface area contributed by atoms with Gasteiger partial charge in [-0.2, -0.15) is 0 Å². The minimum absolute atomic E-state index is 0.134. The van der Waals surface area contributed by atoms with Gasteiger partial charge in [-0.1, -0.05) is 24.3 Å². The van der Waals surface area contributed by atoms with Crippen LogP contribution >= 0.6 is 0 Å². The number of benzene rings is 1. The van der Waals surface area contributed by atoms with Gasteiger partial charge in [-0.25, -0.2) is 9.37 Å². The molecular weight excluding hydrogens is 391 g/mol. The van der Waals surface area contributed by atoms with Crippen molar-refractivity contribution in [1.82, 2.24) is 14.8 Å². The fourth-order valence-corrected chi connectivity index (χ4v) is 6.05. The van der Waals surface area contributed by atoms with Gasteiger partial charge in [0.2, 0.25) is 0 Å². The fourth-order valence-electron chi connectivity index (χ4n) is 6.05. The van der Waals surface area contributed by atoms with Gasteiger partial charge in [-0.3, -0.25) is 4.90 Å². The first-order valence-electron chi connectivity index (χ1n) is 11.6. The number of aliphatic hydroxyl groups excluding tert-OH is 1. The van der Waals surface area contributed by atoms with Gasteiger partial charge < -0.3 is 14.9 Å². The van der Waals surface area contributed by atoms with Crippen LogP contribution in [0.2, 0.25) is 0 Å². The Kier molecular flexibility index (Phi) is 5.71. The second-order valence-electron chi connectivity index (χ2n) is 9.79. The van der Waals surface area contributed by atoms with E-state index in [0.717, 1.165) is 54.7 Å². The zero-order valence-corrected chi connectivity index (χ0v) is 18.4. The number of halogens is 1. The molecule has 5 rings (SSSR count). The summed E-state index contributed by atoms with van der Waals surface area (Å²) in [7, 11) is 2.23. The van der Waals surface area contributed by atoms with Crippen molar-refractivity contribution in [2.45, 2.75) is 31.7 Å². The predicted molar refractivity (Wildman–Crippen MR) is 122 cm³/mol.